The van der Waals surface area contributed by atoms with Crippen LogP contribution in [0.25, 0.3) is 10.8 Å². The van der Waals surface area contributed by atoms with Crippen LogP contribution in [0.1, 0.15) is 34.7 Å². The molecule has 1 aliphatic heterocycles. The molecule has 5 nitrogen and oxygen atoms in total. The number of Topliss-reactive ketones (excluding diaryl/α,β-unsaturated/α-hetero) is 1. The van der Waals surface area contributed by atoms with Gasteiger partial charge in [0.2, 0.25) is 5.78 Å². The van der Waals surface area contributed by atoms with E-state index < -0.39 is 0 Å². The van der Waals surface area contributed by atoms with Gasteiger partial charge in [-0.05, 0) is 28.8 Å². The fraction of sp³-hybridized carbons (Fsp3) is 0.231. The summed E-state index contributed by atoms with van der Waals surface area (Å²) in [7, 11) is 1.86. The first-order valence-electron chi connectivity index (χ1n) is 10.6. The molecule has 0 radical (unpaired) electrons. The number of aryl methyl sites for hydroxylation is 1. The SMILES string of the molecule is C[C@H]1ON(Cc2ccccc2)[C@@H](c2cccc3ccccc23)[C@@H]1C(=O)c1nccn1C. The standard InChI is InChI=1S/C26H25N3O2/c1-18-23(25(30)26-27-15-16-28(26)2)24(29(31-18)17-19-9-4-3-5-10-19)22-14-8-12-20-11-6-7-13-21(20)22/h3-16,18,23-24H,17H2,1-2H3/t18-,23-,24+/m1/s1. The van der Waals surface area contributed by atoms with E-state index in [9.17, 15) is 4.79 Å². The molecule has 0 aliphatic carbocycles. The maximum atomic E-state index is 13.7. The second-order valence-electron chi connectivity index (χ2n) is 8.14. The van der Waals surface area contributed by atoms with Gasteiger partial charge in [-0.3, -0.25) is 9.63 Å². The van der Waals surface area contributed by atoms with Crippen LogP contribution in [0.15, 0.2) is 85.2 Å². The van der Waals surface area contributed by atoms with Crippen LogP contribution in [0.2, 0.25) is 0 Å². The molecule has 5 rings (SSSR count). The molecule has 0 N–H and O–H groups in total. The van der Waals surface area contributed by atoms with Crippen molar-refractivity contribution >= 4 is 16.6 Å². The fourth-order valence-electron chi connectivity index (χ4n) is 4.65. The molecule has 0 saturated carbocycles. The molecule has 3 aromatic carbocycles. The minimum atomic E-state index is -0.365. The highest BCUT2D eigenvalue weighted by Gasteiger charge is 2.47. The van der Waals surface area contributed by atoms with Gasteiger partial charge in [-0.1, -0.05) is 72.8 Å². The number of carbonyl (C=O) groups excluding carboxylic acids is 1. The Morgan fingerprint density at radius 1 is 1.00 bits per heavy atom. The third kappa shape index (κ3) is 3.56. The van der Waals surface area contributed by atoms with Crippen LogP contribution in [0.5, 0.6) is 0 Å². The zero-order valence-electron chi connectivity index (χ0n) is 17.7. The summed E-state index contributed by atoms with van der Waals surface area (Å²) in [5.74, 6) is 0.108. The summed E-state index contributed by atoms with van der Waals surface area (Å²) >= 11 is 0. The molecule has 2 heterocycles. The van der Waals surface area contributed by atoms with Gasteiger partial charge >= 0.3 is 0 Å². The lowest BCUT2D eigenvalue weighted by Crippen LogP contribution is -2.31. The van der Waals surface area contributed by atoms with Gasteiger partial charge < -0.3 is 4.57 Å². The Kier molecular flexibility index (Phi) is 5.14. The lowest BCUT2D eigenvalue weighted by atomic mass is 9.84. The van der Waals surface area contributed by atoms with E-state index in [1.165, 1.54) is 0 Å². The summed E-state index contributed by atoms with van der Waals surface area (Å²) in [6.07, 6.45) is 3.21. The number of rotatable bonds is 5. The number of imidazole rings is 1. The van der Waals surface area contributed by atoms with E-state index in [0.717, 1.165) is 21.9 Å². The van der Waals surface area contributed by atoms with Crippen molar-refractivity contribution in [3.05, 3.63) is 102 Å². The van der Waals surface area contributed by atoms with E-state index in [0.29, 0.717) is 12.4 Å². The Morgan fingerprint density at radius 2 is 1.74 bits per heavy atom. The molecule has 31 heavy (non-hydrogen) atoms. The molecular weight excluding hydrogens is 386 g/mol. The number of hydrogen-bond acceptors (Lipinski definition) is 4. The number of fused-ring (bicyclic) bond motifs is 1. The highest BCUT2D eigenvalue weighted by molar-refractivity contribution is 5.96. The molecule has 4 aromatic rings. The van der Waals surface area contributed by atoms with Crippen molar-refractivity contribution in [2.75, 3.05) is 0 Å². The number of nitrogens with zero attached hydrogens (tertiary/aromatic N) is 3. The van der Waals surface area contributed by atoms with Crippen LogP contribution in [0.3, 0.4) is 0 Å². The molecule has 1 aromatic heterocycles. The maximum Gasteiger partial charge on any atom is 0.205 e. The zero-order chi connectivity index (χ0) is 21.4. The molecule has 0 unspecified atom stereocenters. The summed E-state index contributed by atoms with van der Waals surface area (Å²) in [6.45, 7) is 2.58. The summed E-state index contributed by atoms with van der Waals surface area (Å²) in [6, 6.07) is 24.6. The van der Waals surface area contributed by atoms with Crippen LogP contribution in [0.4, 0.5) is 0 Å². The minimum absolute atomic E-state index is 0.00787. The summed E-state index contributed by atoms with van der Waals surface area (Å²) in [5.41, 5.74) is 2.25. The van der Waals surface area contributed by atoms with Crippen molar-refractivity contribution in [3.63, 3.8) is 0 Å². The highest BCUT2D eigenvalue weighted by atomic mass is 16.7. The summed E-state index contributed by atoms with van der Waals surface area (Å²) in [5, 5.41) is 4.28. The molecule has 0 bridgehead atoms. The Morgan fingerprint density at radius 3 is 2.52 bits per heavy atom. The molecular formula is C26H25N3O2. The Balaban J connectivity index is 1.62. The molecule has 1 aliphatic rings. The van der Waals surface area contributed by atoms with Crippen molar-refractivity contribution < 1.29 is 9.63 Å². The fourth-order valence-corrected chi connectivity index (χ4v) is 4.65. The van der Waals surface area contributed by atoms with E-state index in [-0.39, 0.29) is 23.8 Å². The van der Waals surface area contributed by atoms with E-state index in [1.807, 2.05) is 55.6 Å². The average Bonchev–Trinajstić information content (AvgIpc) is 3.36. The molecule has 0 amide bonds. The van der Waals surface area contributed by atoms with E-state index in [2.05, 4.69) is 47.4 Å². The van der Waals surface area contributed by atoms with Crippen LogP contribution in [-0.2, 0) is 18.4 Å². The number of hydroxylamine groups is 2. The quantitative estimate of drug-likeness (QED) is 0.436. The molecule has 156 valence electrons. The third-order valence-electron chi connectivity index (χ3n) is 6.13. The maximum absolute atomic E-state index is 13.7. The number of carbonyl (C=O) groups is 1. The van der Waals surface area contributed by atoms with Gasteiger partial charge in [0.05, 0.1) is 18.1 Å². The number of benzene rings is 3. The van der Waals surface area contributed by atoms with Crippen molar-refractivity contribution in [1.82, 2.24) is 14.6 Å². The smallest absolute Gasteiger partial charge is 0.205 e. The van der Waals surface area contributed by atoms with E-state index in [4.69, 9.17) is 4.84 Å². The predicted molar refractivity (Wildman–Crippen MR) is 120 cm³/mol. The highest BCUT2D eigenvalue weighted by Crippen LogP contribution is 2.43. The number of hydrogen-bond donors (Lipinski definition) is 0. The molecule has 5 heteroatoms. The zero-order valence-corrected chi connectivity index (χ0v) is 17.7. The van der Waals surface area contributed by atoms with Crippen molar-refractivity contribution in [2.45, 2.75) is 25.6 Å². The average molecular weight is 412 g/mol. The second-order valence-corrected chi connectivity index (χ2v) is 8.14. The van der Waals surface area contributed by atoms with E-state index in [1.54, 1.807) is 10.8 Å². The van der Waals surface area contributed by atoms with Gasteiger partial charge in [-0.15, -0.1) is 0 Å². The Hall–Kier alpha value is -3.28. The van der Waals surface area contributed by atoms with Gasteiger partial charge in [-0.25, -0.2) is 4.98 Å². The van der Waals surface area contributed by atoms with Crippen LogP contribution < -0.4 is 0 Å². The Labute approximate surface area is 181 Å². The number of aromatic nitrogens is 2. The normalized spacial score (nSPS) is 21.5. The van der Waals surface area contributed by atoms with E-state index >= 15 is 0 Å². The number of ketones is 1. The molecule has 3 atom stereocenters. The lowest BCUT2D eigenvalue weighted by molar-refractivity contribution is -0.166. The first kappa shape index (κ1) is 19.7. The van der Waals surface area contributed by atoms with Crippen molar-refractivity contribution in [1.29, 1.82) is 0 Å². The Bertz CT molecular complexity index is 1210. The van der Waals surface area contributed by atoms with Gasteiger partial charge in [0.1, 0.15) is 0 Å². The monoisotopic (exact) mass is 411 g/mol. The molecule has 1 saturated heterocycles. The van der Waals surface area contributed by atoms with Gasteiger partial charge in [0.15, 0.2) is 5.82 Å². The second kappa shape index (κ2) is 8.10. The predicted octanol–water partition coefficient (Wildman–Crippen LogP) is 4.95. The summed E-state index contributed by atoms with van der Waals surface area (Å²) in [4.78, 5) is 24.3. The first-order chi connectivity index (χ1) is 15.1. The van der Waals surface area contributed by atoms with Crippen LogP contribution in [0, 0.1) is 5.92 Å². The van der Waals surface area contributed by atoms with Gasteiger partial charge in [-0.2, -0.15) is 5.06 Å². The lowest BCUT2D eigenvalue weighted by Gasteiger charge is -2.27. The van der Waals surface area contributed by atoms with Gasteiger partial charge in [0, 0.05) is 26.0 Å². The van der Waals surface area contributed by atoms with Gasteiger partial charge in [0.25, 0.3) is 0 Å². The third-order valence-corrected chi connectivity index (χ3v) is 6.13. The van der Waals surface area contributed by atoms with Crippen LogP contribution >= 0.6 is 0 Å². The van der Waals surface area contributed by atoms with Crippen molar-refractivity contribution in [2.24, 2.45) is 13.0 Å². The van der Waals surface area contributed by atoms with Crippen LogP contribution in [-0.4, -0.2) is 26.5 Å². The summed E-state index contributed by atoms with van der Waals surface area (Å²) < 4.78 is 1.79. The van der Waals surface area contributed by atoms with Crippen molar-refractivity contribution in [3.8, 4) is 0 Å². The largest absolute Gasteiger partial charge is 0.332 e. The topological polar surface area (TPSA) is 47.4 Å². The molecule has 1 fully saturated rings. The minimum Gasteiger partial charge on any atom is -0.332 e. The first-order valence-corrected chi connectivity index (χ1v) is 10.6. The molecule has 0 spiro atoms.